The molecule has 144 valence electrons. The third kappa shape index (κ3) is 4.92. The third-order valence-electron chi connectivity index (χ3n) is 5.37. The number of halogens is 2. The molecule has 1 N–H and O–H groups in total. The molecular formula is C22H26F2N2O. The largest absolute Gasteiger partial charge is 0.348 e. The lowest BCUT2D eigenvalue weighted by Crippen LogP contribution is -2.33. The molecule has 1 aliphatic rings. The predicted octanol–water partition coefficient (Wildman–Crippen LogP) is 4.66. The van der Waals surface area contributed by atoms with E-state index in [0.29, 0.717) is 6.04 Å². The van der Waals surface area contributed by atoms with Crippen molar-refractivity contribution < 1.29 is 13.6 Å². The van der Waals surface area contributed by atoms with Gasteiger partial charge in [0, 0.05) is 19.1 Å². The molecule has 3 rings (SSSR count). The Bertz CT molecular complexity index is 788. The van der Waals surface area contributed by atoms with Gasteiger partial charge in [-0.1, -0.05) is 49.6 Å². The van der Waals surface area contributed by atoms with Gasteiger partial charge in [-0.25, -0.2) is 8.78 Å². The van der Waals surface area contributed by atoms with Gasteiger partial charge in [0.25, 0.3) is 5.91 Å². The summed E-state index contributed by atoms with van der Waals surface area (Å²) in [6.45, 7) is 1.09. The van der Waals surface area contributed by atoms with Crippen molar-refractivity contribution in [1.82, 2.24) is 10.2 Å². The van der Waals surface area contributed by atoms with Gasteiger partial charge in [-0.05, 0) is 43.1 Å². The van der Waals surface area contributed by atoms with Gasteiger partial charge in [0.15, 0.2) is 11.6 Å². The Morgan fingerprint density at radius 2 is 1.74 bits per heavy atom. The Morgan fingerprint density at radius 3 is 2.48 bits per heavy atom. The van der Waals surface area contributed by atoms with Crippen LogP contribution >= 0.6 is 0 Å². The first kappa shape index (κ1) is 19.5. The van der Waals surface area contributed by atoms with Crippen LogP contribution in [0.4, 0.5) is 8.78 Å². The van der Waals surface area contributed by atoms with Gasteiger partial charge >= 0.3 is 0 Å². The van der Waals surface area contributed by atoms with Crippen molar-refractivity contribution in [2.45, 2.75) is 51.2 Å². The SMILES string of the molecule is CN(Cc1ccccc1CNC(=O)c1cccc(F)c1F)C1CCCCC1. The summed E-state index contributed by atoms with van der Waals surface area (Å²) < 4.78 is 27.1. The van der Waals surface area contributed by atoms with Crippen molar-refractivity contribution in [2.24, 2.45) is 0 Å². The molecule has 0 heterocycles. The highest BCUT2D eigenvalue weighted by Crippen LogP contribution is 2.23. The standard InChI is InChI=1S/C22H26F2N2O/c1-26(18-10-3-2-4-11-18)15-17-9-6-5-8-16(17)14-25-22(27)19-12-7-13-20(23)21(19)24/h5-9,12-13,18H,2-4,10-11,14-15H2,1H3,(H,25,27). The van der Waals surface area contributed by atoms with Crippen molar-refractivity contribution >= 4 is 5.91 Å². The maximum atomic E-state index is 13.8. The Balaban J connectivity index is 1.65. The monoisotopic (exact) mass is 372 g/mol. The van der Waals surface area contributed by atoms with Crippen LogP contribution in [0, 0.1) is 11.6 Å². The summed E-state index contributed by atoms with van der Waals surface area (Å²) in [7, 11) is 2.15. The lowest BCUT2D eigenvalue weighted by Gasteiger charge is -2.31. The lowest BCUT2D eigenvalue weighted by atomic mass is 9.94. The maximum Gasteiger partial charge on any atom is 0.254 e. The molecule has 1 fully saturated rings. The highest BCUT2D eigenvalue weighted by atomic mass is 19.2. The van der Waals surface area contributed by atoms with E-state index in [1.165, 1.54) is 44.2 Å². The van der Waals surface area contributed by atoms with E-state index in [0.717, 1.165) is 23.7 Å². The minimum atomic E-state index is -1.11. The number of carbonyl (C=O) groups excluding carboxylic acids is 1. The minimum absolute atomic E-state index is 0.271. The highest BCUT2D eigenvalue weighted by Gasteiger charge is 2.19. The van der Waals surface area contributed by atoms with Crippen molar-refractivity contribution in [1.29, 1.82) is 0 Å². The van der Waals surface area contributed by atoms with Crippen molar-refractivity contribution in [3.63, 3.8) is 0 Å². The van der Waals surface area contributed by atoms with Crippen LogP contribution in [0.15, 0.2) is 42.5 Å². The van der Waals surface area contributed by atoms with Crippen LogP contribution in [0.3, 0.4) is 0 Å². The van der Waals surface area contributed by atoms with E-state index in [1.54, 1.807) is 0 Å². The van der Waals surface area contributed by atoms with E-state index in [1.807, 2.05) is 18.2 Å². The molecule has 3 nitrogen and oxygen atoms in total. The molecule has 2 aromatic rings. The molecule has 0 unspecified atom stereocenters. The summed E-state index contributed by atoms with van der Waals surface area (Å²) in [6.07, 6.45) is 6.35. The average molecular weight is 372 g/mol. The Labute approximate surface area is 159 Å². The van der Waals surface area contributed by atoms with E-state index in [-0.39, 0.29) is 12.1 Å². The van der Waals surface area contributed by atoms with Gasteiger partial charge in [0.1, 0.15) is 0 Å². The van der Waals surface area contributed by atoms with E-state index in [2.05, 4.69) is 23.3 Å². The molecule has 1 aliphatic carbocycles. The lowest BCUT2D eigenvalue weighted by molar-refractivity contribution is 0.0945. The first-order valence-electron chi connectivity index (χ1n) is 9.55. The Kier molecular flexibility index (Phi) is 6.56. The zero-order valence-corrected chi connectivity index (χ0v) is 15.7. The second kappa shape index (κ2) is 9.09. The molecule has 0 aromatic heterocycles. The van der Waals surface area contributed by atoms with Gasteiger partial charge in [-0.15, -0.1) is 0 Å². The topological polar surface area (TPSA) is 32.3 Å². The fourth-order valence-corrected chi connectivity index (χ4v) is 3.75. The molecule has 0 aliphatic heterocycles. The average Bonchev–Trinajstić information content (AvgIpc) is 2.70. The van der Waals surface area contributed by atoms with Crippen LogP contribution in [0.5, 0.6) is 0 Å². The number of hydrogen-bond donors (Lipinski definition) is 1. The number of nitrogens with one attached hydrogen (secondary N) is 1. The number of carbonyl (C=O) groups is 1. The third-order valence-corrected chi connectivity index (χ3v) is 5.37. The minimum Gasteiger partial charge on any atom is -0.348 e. The Hall–Kier alpha value is -2.27. The molecule has 0 bridgehead atoms. The highest BCUT2D eigenvalue weighted by molar-refractivity contribution is 5.94. The zero-order valence-electron chi connectivity index (χ0n) is 15.7. The van der Waals surface area contributed by atoms with Crippen LogP contribution in [0.1, 0.15) is 53.6 Å². The van der Waals surface area contributed by atoms with Crippen LogP contribution < -0.4 is 5.32 Å². The number of nitrogens with zero attached hydrogens (tertiary/aromatic N) is 1. The molecule has 1 saturated carbocycles. The van der Waals surface area contributed by atoms with E-state index < -0.39 is 17.5 Å². The summed E-state index contributed by atoms with van der Waals surface area (Å²) in [5.41, 5.74) is 1.86. The number of benzene rings is 2. The van der Waals surface area contributed by atoms with Crippen LogP contribution in [0.2, 0.25) is 0 Å². The van der Waals surface area contributed by atoms with E-state index in [9.17, 15) is 13.6 Å². The first-order chi connectivity index (χ1) is 13.1. The van der Waals surface area contributed by atoms with Crippen LogP contribution in [-0.2, 0) is 13.1 Å². The summed E-state index contributed by atoms with van der Waals surface area (Å²) >= 11 is 0. The summed E-state index contributed by atoms with van der Waals surface area (Å²) in [4.78, 5) is 14.6. The number of hydrogen-bond acceptors (Lipinski definition) is 2. The van der Waals surface area contributed by atoms with Gasteiger partial charge < -0.3 is 5.32 Å². The second-order valence-electron chi connectivity index (χ2n) is 7.26. The molecule has 0 radical (unpaired) electrons. The summed E-state index contributed by atoms with van der Waals surface area (Å²) in [5.74, 6) is -2.74. The van der Waals surface area contributed by atoms with Crippen LogP contribution in [0.25, 0.3) is 0 Å². The van der Waals surface area contributed by atoms with Crippen molar-refractivity contribution in [3.8, 4) is 0 Å². The number of rotatable bonds is 6. The number of amides is 1. The Morgan fingerprint density at radius 1 is 1.04 bits per heavy atom. The fraction of sp³-hybridized carbons (Fsp3) is 0.409. The fourth-order valence-electron chi connectivity index (χ4n) is 3.75. The summed E-state index contributed by atoms with van der Waals surface area (Å²) in [5, 5.41) is 2.71. The molecule has 27 heavy (non-hydrogen) atoms. The van der Waals surface area contributed by atoms with E-state index >= 15 is 0 Å². The van der Waals surface area contributed by atoms with Crippen molar-refractivity contribution in [3.05, 3.63) is 70.8 Å². The molecule has 1 amide bonds. The molecular weight excluding hydrogens is 346 g/mol. The second-order valence-corrected chi connectivity index (χ2v) is 7.26. The van der Waals surface area contributed by atoms with E-state index in [4.69, 9.17) is 0 Å². The molecule has 0 spiro atoms. The molecule has 0 saturated heterocycles. The quantitative estimate of drug-likeness (QED) is 0.800. The van der Waals surface area contributed by atoms with Crippen LogP contribution in [-0.4, -0.2) is 23.9 Å². The molecule has 0 atom stereocenters. The predicted molar refractivity (Wildman–Crippen MR) is 102 cm³/mol. The van der Waals surface area contributed by atoms with Gasteiger partial charge in [0.2, 0.25) is 0 Å². The van der Waals surface area contributed by atoms with Gasteiger partial charge in [-0.3, -0.25) is 9.69 Å². The molecule has 5 heteroatoms. The van der Waals surface area contributed by atoms with Gasteiger partial charge in [0.05, 0.1) is 5.56 Å². The zero-order chi connectivity index (χ0) is 19.2. The normalized spacial score (nSPS) is 15.1. The summed E-state index contributed by atoms with van der Waals surface area (Å²) in [6, 6.07) is 12.2. The van der Waals surface area contributed by atoms with Gasteiger partial charge in [-0.2, -0.15) is 0 Å². The maximum absolute atomic E-state index is 13.8. The first-order valence-corrected chi connectivity index (χ1v) is 9.55. The van der Waals surface area contributed by atoms with Crippen molar-refractivity contribution in [2.75, 3.05) is 7.05 Å². The smallest absolute Gasteiger partial charge is 0.254 e. The molecule has 2 aromatic carbocycles.